The predicted octanol–water partition coefficient (Wildman–Crippen LogP) is 5.04. The highest BCUT2D eigenvalue weighted by atomic mass is 15.3. The van der Waals surface area contributed by atoms with Gasteiger partial charge in [-0.05, 0) is 89.4 Å². The van der Waals surface area contributed by atoms with Crippen LogP contribution in [0.5, 0.6) is 0 Å². The molecule has 1 aromatic carbocycles. The van der Waals surface area contributed by atoms with Gasteiger partial charge in [0.15, 0.2) is 0 Å². The highest BCUT2D eigenvalue weighted by Crippen LogP contribution is 2.42. The number of aromatic nitrogens is 2. The van der Waals surface area contributed by atoms with Gasteiger partial charge in [-0.25, -0.2) is 0 Å². The monoisotopic (exact) mass is 408 g/mol. The molecule has 4 rings (SSSR count). The number of rotatable bonds is 8. The van der Waals surface area contributed by atoms with Gasteiger partial charge in [0.2, 0.25) is 0 Å². The molecule has 1 aromatic heterocycles. The Labute approximate surface area is 183 Å². The zero-order valence-electron chi connectivity index (χ0n) is 19.7. The zero-order chi connectivity index (χ0) is 21.3. The number of likely N-dealkylation sites (tertiary alicyclic amines) is 1. The number of hydrogen-bond donors (Lipinski definition) is 0. The molecule has 0 spiro atoms. The number of hydrogen-bond acceptors (Lipinski definition) is 3. The summed E-state index contributed by atoms with van der Waals surface area (Å²) in [4.78, 5) is 5.23. The molecule has 1 aliphatic carbocycles. The Hall–Kier alpha value is -1.65. The fraction of sp³-hybridized carbons (Fsp3) is 0.654. The Bertz CT molecular complexity index is 823. The lowest BCUT2D eigenvalue weighted by Gasteiger charge is -2.40. The van der Waals surface area contributed by atoms with E-state index >= 15 is 0 Å². The summed E-state index contributed by atoms with van der Waals surface area (Å²) in [7, 11) is 2.05. The maximum atomic E-state index is 4.61. The number of benzene rings is 1. The van der Waals surface area contributed by atoms with Crippen LogP contribution in [0.1, 0.15) is 73.5 Å². The van der Waals surface area contributed by atoms with Crippen LogP contribution in [0.15, 0.2) is 24.3 Å². The van der Waals surface area contributed by atoms with E-state index in [0.29, 0.717) is 6.04 Å². The van der Waals surface area contributed by atoms with E-state index in [-0.39, 0.29) is 0 Å². The summed E-state index contributed by atoms with van der Waals surface area (Å²) >= 11 is 0. The second-order valence-electron chi connectivity index (χ2n) is 10.1. The van der Waals surface area contributed by atoms with Gasteiger partial charge in [0.1, 0.15) is 0 Å². The molecule has 0 N–H and O–H groups in total. The van der Waals surface area contributed by atoms with Crippen molar-refractivity contribution >= 4 is 0 Å². The molecule has 2 aromatic rings. The molecule has 0 amide bonds. The normalized spacial score (nSPS) is 22.2. The summed E-state index contributed by atoms with van der Waals surface area (Å²) in [5.74, 6) is 1.57. The minimum Gasteiger partial charge on any atom is -0.299 e. The van der Waals surface area contributed by atoms with Crippen molar-refractivity contribution in [1.82, 2.24) is 19.6 Å². The van der Waals surface area contributed by atoms with Crippen molar-refractivity contribution in [2.75, 3.05) is 19.6 Å². The van der Waals surface area contributed by atoms with E-state index < -0.39 is 0 Å². The molecule has 30 heavy (non-hydrogen) atoms. The molecular weight excluding hydrogens is 368 g/mol. The lowest BCUT2D eigenvalue weighted by Crippen LogP contribution is -2.39. The molecule has 0 bridgehead atoms. The standard InChI is InChI=1S/C26H40N4/c1-19(2)30(18-26-20(3)27-28(5)21(26)4)17-23-14-25(15-23)24-10-8-22(9-11-24)16-29-12-6-7-13-29/h8-11,19,23,25H,6-7,12-18H2,1-5H3. The van der Waals surface area contributed by atoms with Crippen molar-refractivity contribution in [2.45, 2.75) is 78.4 Å². The van der Waals surface area contributed by atoms with Crippen molar-refractivity contribution in [3.05, 3.63) is 52.3 Å². The van der Waals surface area contributed by atoms with Gasteiger partial charge < -0.3 is 0 Å². The van der Waals surface area contributed by atoms with Gasteiger partial charge in [-0.2, -0.15) is 5.10 Å². The first-order chi connectivity index (χ1) is 14.4. The molecule has 164 valence electrons. The topological polar surface area (TPSA) is 24.3 Å². The highest BCUT2D eigenvalue weighted by Gasteiger charge is 2.32. The van der Waals surface area contributed by atoms with Crippen LogP contribution in [0.3, 0.4) is 0 Å². The molecule has 0 radical (unpaired) electrons. The molecule has 0 unspecified atom stereocenters. The van der Waals surface area contributed by atoms with Crippen LogP contribution in [-0.4, -0.2) is 45.3 Å². The highest BCUT2D eigenvalue weighted by molar-refractivity contribution is 5.27. The Morgan fingerprint density at radius 2 is 1.73 bits per heavy atom. The van der Waals surface area contributed by atoms with E-state index in [4.69, 9.17) is 0 Å². The maximum absolute atomic E-state index is 4.61. The average molecular weight is 409 g/mol. The Morgan fingerprint density at radius 1 is 1.07 bits per heavy atom. The van der Waals surface area contributed by atoms with Gasteiger partial charge in [-0.1, -0.05) is 24.3 Å². The van der Waals surface area contributed by atoms with Crippen LogP contribution in [0.4, 0.5) is 0 Å². The van der Waals surface area contributed by atoms with Crippen LogP contribution < -0.4 is 0 Å². The summed E-state index contributed by atoms with van der Waals surface area (Å²) in [5.41, 5.74) is 6.92. The van der Waals surface area contributed by atoms with Crippen molar-refractivity contribution in [3.8, 4) is 0 Å². The van der Waals surface area contributed by atoms with Crippen molar-refractivity contribution in [2.24, 2.45) is 13.0 Å². The molecule has 1 saturated heterocycles. The Balaban J connectivity index is 1.29. The van der Waals surface area contributed by atoms with Crippen molar-refractivity contribution in [1.29, 1.82) is 0 Å². The van der Waals surface area contributed by atoms with Gasteiger partial charge in [0.25, 0.3) is 0 Å². The molecule has 4 nitrogen and oxygen atoms in total. The van der Waals surface area contributed by atoms with Crippen LogP contribution >= 0.6 is 0 Å². The second kappa shape index (κ2) is 9.23. The first kappa shape index (κ1) is 21.6. The molecule has 1 aliphatic heterocycles. The van der Waals surface area contributed by atoms with E-state index in [1.54, 1.807) is 5.56 Å². The van der Waals surface area contributed by atoms with Gasteiger partial charge in [0.05, 0.1) is 5.69 Å². The van der Waals surface area contributed by atoms with E-state index in [2.05, 4.69) is 73.9 Å². The summed E-state index contributed by atoms with van der Waals surface area (Å²) in [6.45, 7) is 14.9. The third-order valence-corrected chi connectivity index (χ3v) is 7.53. The lowest BCUT2D eigenvalue weighted by atomic mass is 9.71. The Kier molecular flexibility index (Phi) is 6.64. The van der Waals surface area contributed by atoms with Gasteiger partial charge in [-0.3, -0.25) is 14.5 Å². The Morgan fingerprint density at radius 3 is 2.30 bits per heavy atom. The molecule has 2 fully saturated rings. The lowest BCUT2D eigenvalue weighted by molar-refractivity contribution is 0.126. The van der Waals surface area contributed by atoms with E-state index in [1.807, 2.05) is 4.68 Å². The molecular formula is C26H40N4. The maximum Gasteiger partial charge on any atom is 0.0641 e. The van der Waals surface area contributed by atoms with E-state index in [1.165, 1.54) is 67.8 Å². The molecule has 2 aliphatic rings. The fourth-order valence-corrected chi connectivity index (χ4v) is 5.29. The van der Waals surface area contributed by atoms with Crippen LogP contribution in [0.25, 0.3) is 0 Å². The summed E-state index contributed by atoms with van der Waals surface area (Å²) in [6, 6.07) is 10.1. The smallest absolute Gasteiger partial charge is 0.0641 e. The fourth-order valence-electron chi connectivity index (χ4n) is 5.29. The van der Waals surface area contributed by atoms with Crippen LogP contribution in [0.2, 0.25) is 0 Å². The minimum atomic E-state index is 0.563. The number of nitrogens with zero attached hydrogens (tertiary/aromatic N) is 4. The van der Waals surface area contributed by atoms with Gasteiger partial charge in [0, 0.05) is 44.0 Å². The first-order valence-corrected chi connectivity index (χ1v) is 11.9. The van der Waals surface area contributed by atoms with Crippen molar-refractivity contribution < 1.29 is 0 Å². The molecule has 4 heteroatoms. The third kappa shape index (κ3) is 4.81. The van der Waals surface area contributed by atoms with Crippen LogP contribution in [0, 0.1) is 19.8 Å². The largest absolute Gasteiger partial charge is 0.299 e. The van der Waals surface area contributed by atoms with Crippen LogP contribution in [-0.2, 0) is 20.1 Å². The van der Waals surface area contributed by atoms with Crippen molar-refractivity contribution in [3.63, 3.8) is 0 Å². The third-order valence-electron chi connectivity index (χ3n) is 7.53. The summed E-state index contributed by atoms with van der Waals surface area (Å²) in [5, 5.41) is 4.61. The van der Waals surface area contributed by atoms with E-state index in [9.17, 15) is 0 Å². The van der Waals surface area contributed by atoms with Gasteiger partial charge >= 0.3 is 0 Å². The van der Waals surface area contributed by atoms with Gasteiger partial charge in [-0.15, -0.1) is 0 Å². The summed E-state index contributed by atoms with van der Waals surface area (Å²) < 4.78 is 2.02. The average Bonchev–Trinajstić information content (AvgIpc) is 3.27. The zero-order valence-corrected chi connectivity index (χ0v) is 19.7. The predicted molar refractivity (Wildman–Crippen MR) is 125 cm³/mol. The quantitative estimate of drug-likeness (QED) is 0.612. The SMILES string of the molecule is Cc1nn(C)c(C)c1CN(CC1CC(c2ccc(CN3CCCC3)cc2)C1)C(C)C. The molecule has 0 atom stereocenters. The second-order valence-corrected chi connectivity index (χ2v) is 10.1. The minimum absolute atomic E-state index is 0.563. The summed E-state index contributed by atoms with van der Waals surface area (Å²) in [6.07, 6.45) is 5.41. The number of aryl methyl sites for hydroxylation is 2. The van der Waals surface area contributed by atoms with E-state index in [0.717, 1.165) is 24.9 Å². The molecule has 2 heterocycles. The first-order valence-electron chi connectivity index (χ1n) is 11.9. The molecule has 1 saturated carbocycles.